The molecule has 4 rings (SSSR count). The predicted octanol–water partition coefficient (Wildman–Crippen LogP) is 2.99. The Balaban J connectivity index is 1.31. The summed E-state index contributed by atoms with van der Waals surface area (Å²) in [5.74, 6) is 0. The molecule has 30 heavy (non-hydrogen) atoms. The second kappa shape index (κ2) is 11.6. The average molecular weight is 414 g/mol. The van der Waals surface area contributed by atoms with Crippen LogP contribution in [0.2, 0.25) is 0 Å². The van der Waals surface area contributed by atoms with Gasteiger partial charge >= 0.3 is 0 Å². The van der Waals surface area contributed by atoms with Crippen LogP contribution in [0.5, 0.6) is 0 Å². The number of epoxide rings is 2. The molecule has 0 amide bonds. The maximum atomic E-state index is 6.13. The molecule has 0 spiro atoms. The number of benzene rings is 2. The van der Waals surface area contributed by atoms with Crippen LogP contribution in [-0.4, -0.2) is 64.1 Å². The van der Waals surface area contributed by atoms with E-state index < -0.39 is 0 Å². The van der Waals surface area contributed by atoms with E-state index in [9.17, 15) is 0 Å². The smallest absolute Gasteiger partial charge is 0.109 e. The van der Waals surface area contributed by atoms with E-state index in [0.29, 0.717) is 39.6 Å². The highest BCUT2D eigenvalue weighted by atomic mass is 16.6. The first-order valence-corrected chi connectivity index (χ1v) is 10.6. The fourth-order valence-electron chi connectivity index (χ4n) is 3.05. The molecule has 2 heterocycles. The van der Waals surface area contributed by atoms with Crippen LogP contribution in [0, 0.1) is 0 Å². The van der Waals surface area contributed by atoms with Crippen molar-refractivity contribution >= 4 is 0 Å². The molecule has 2 saturated heterocycles. The highest BCUT2D eigenvalue weighted by Gasteiger charge is 2.31. The second-order valence-electron chi connectivity index (χ2n) is 7.66. The maximum absolute atomic E-state index is 6.13. The van der Waals surface area contributed by atoms with Gasteiger partial charge in [-0.15, -0.1) is 0 Å². The van der Waals surface area contributed by atoms with Crippen molar-refractivity contribution in [1.29, 1.82) is 0 Å². The summed E-state index contributed by atoms with van der Waals surface area (Å²) in [6.07, 6.45) is -0.126. The summed E-state index contributed by atoms with van der Waals surface area (Å²) in [5, 5.41) is 0. The number of rotatable bonds is 15. The Morgan fingerprint density at radius 1 is 0.667 bits per heavy atom. The van der Waals surface area contributed by atoms with Crippen molar-refractivity contribution in [3.05, 3.63) is 71.8 Å². The molecule has 0 unspecified atom stereocenters. The quantitative estimate of drug-likeness (QED) is 0.418. The Hall–Kier alpha value is -1.80. The van der Waals surface area contributed by atoms with Gasteiger partial charge in [0.15, 0.2) is 0 Å². The lowest BCUT2D eigenvalue weighted by atomic mass is 10.2. The molecule has 2 aromatic rings. The van der Waals surface area contributed by atoms with Gasteiger partial charge in [-0.25, -0.2) is 0 Å². The van der Waals surface area contributed by atoms with E-state index in [1.54, 1.807) is 0 Å². The van der Waals surface area contributed by atoms with Gasteiger partial charge in [-0.1, -0.05) is 60.7 Å². The van der Waals surface area contributed by atoms with Crippen LogP contribution in [0.3, 0.4) is 0 Å². The highest BCUT2D eigenvalue weighted by Crippen LogP contribution is 2.17. The molecule has 2 fully saturated rings. The molecule has 0 aromatic heterocycles. The molecule has 2 aliphatic rings. The van der Waals surface area contributed by atoms with Gasteiger partial charge in [0.25, 0.3) is 0 Å². The summed E-state index contributed by atoms with van der Waals surface area (Å²) in [4.78, 5) is 0. The summed E-state index contributed by atoms with van der Waals surface area (Å²) in [7, 11) is 0. The predicted molar refractivity (Wildman–Crippen MR) is 111 cm³/mol. The van der Waals surface area contributed by atoms with Crippen molar-refractivity contribution in [3.8, 4) is 0 Å². The van der Waals surface area contributed by atoms with Crippen LogP contribution in [0.25, 0.3) is 0 Å². The Kier molecular flexibility index (Phi) is 8.25. The largest absolute Gasteiger partial charge is 0.374 e. The molecule has 2 aromatic carbocycles. The van der Waals surface area contributed by atoms with Crippen molar-refractivity contribution in [2.24, 2.45) is 0 Å². The van der Waals surface area contributed by atoms with Crippen LogP contribution in [0.1, 0.15) is 11.1 Å². The van der Waals surface area contributed by atoms with E-state index in [2.05, 4.69) is 24.3 Å². The molecule has 0 radical (unpaired) electrons. The molecule has 4 atom stereocenters. The zero-order chi connectivity index (χ0) is 20.4. The third-order valence-corrected chi connectivity index (χ3v) is 5.00. The highest BCUT2D eigenvalue weighted by molar-refractivity contribution is 5.14. The monoisotopic (exact) mass is 414 g/mol. The lowest BCUT2D eigenvalue weighted by Gasteiger charge is -2.27. The van der Waals surface area contributed by atoms with E-state index in [1.807, 2.05) is 36.4 Å². The van der Waals surface area contributed by atoms with Gasteiger partial charge in [0, 0.05) is 0 Å². The van der Waals surface area contributed by atoms with Gasteiger partial charge in [-0.3, -0.25) is 0 Å². The Morgan fingerprint density at radius 3 is 1.43 bits per heavy atom. The van der Waals surface area contributed by atoms with Crippen LogP contribution in [0.15, 0.2) is 60.7 Å². The minimum atomic E-state index is -0.243. The van der Waals surface area contributed by atoms with Crippen molar-refractivity contribution < 1.29 is 28.4 Å². The molecule has 6 nitrogen and oxygen atoms in total. The standard InChI is InChI=1S/C24H30O6/c1-3-7-19(8-4-1)11-25-17-23(29-15-21-13-27-21)24(30-16-22-14-28-22)18-26-12-20-9-5-2-6-10-20/h1-10,21-24H,11-18H2/t21-,22-,23-,24-/m0/s1. The van der Waals surface area contributed by atoms with Gasteiger partial charge in [0.1, 0.15) is 24.4 Å². The van der Waals surface area contributed by atoms with E-state index in [1.165, 1.54) is 0 Å². The fraction of sp³-hybridized carbons (Fsp3) is 0.500. The van der Waals surface area contributed by atoms with Crippen LogP contribution in [0.4, 0.5) is 0 Å². The summed E-state index contributed by atoms with van der Waals surface area (Å²) >= 11 is 0. The lowest BCUT2D eigenvalue weighted by Crippen LogP contribution is -2.40. The third kappa shape index (κ3) is 7.80. The first-order chi connectivity index (χ1) is 14.9. The zero-order valence-corrected chi connectivity index (χ0v) is 17.2. The summed E-state index contributed by atoms with van der Waals surface area (Å²) in [6.45, 7) is 4.50. The molecular formula is C24H30O6. The van der Waals surface area contributed by atoms with E-state index in [-0.39, 0.29) is 24.4 Å². The fourth-order valence-corrected chi connectivity index (χ4v) is 3.05. The minimum Gasteiger partial charge on any atom is -0.374 e. The second-order valence-corrected chi connectivity index (χ2v) is 7.66. The van der Waals surface area contributed by atoms with Gasteiger partial charge in [0.2, 0.25) is 0 Å². The zero-order valence-electron chi connectivity index (χ0n) is 17.2. The van der Waals surface area contributed by atoms with Crippen LogP contribution in [-0.2, 0) is 41.6 Å². The van der Waals surface area contributed by atoms with E-state index in [4.69, 9.17) is 28.4 Å². The molecule has 0 N–H and O–H groups in total. The normalized spacial score (nSPS) is 21.9. The maximum Gasteiger partial charge on any atom is 0.109 e. The number of ether oxygens (including phenoxy) is 6. The summed E-state index contributed by atoms with van der Waals surface area (Å²) in [5.41, 5.74) is 2.26. The van der Waals surface area contributed by atoms with Crippen LogP contribution >= 0.6 is 0 Å². The Labute approximate surface area is 178 Å². The summed E-state index contributed by atoms with van der Waals surface area (Å²) in [6, 6.07) is 20.2. The number of hydrogen-bond acceptors (Lipinski definition) is 6. The molecule has 0 aliphatic carbocycles. The van der Waals surface area contributed by atoms with E-state index in [0.717, 1.165) is 24.3 Å². The first-order valence-electron chi connectivity index (χ1n) is 10.6. The molecular weight excluding hydrogens is 384 g/mol. The average Bonchev–Trinajstić information content (AvgIpc) is 3.70. The molecule has 0 bridgehead atoms. The SMILES string of the molecule is c1ccc(COC[C@H](OC[C@@H]2CO2)[C@H](COCc2ccccc2)OC[C@@H]2CO2)cc1. The molecule has 6 heteroatoms. The minimum absolute atomic E-state index is 0.180. The van der Waals surface area contributed by atoms with Crippen molar-refractivity contribution in [1.82, 2.24) is 0 Å². The Bertz CT molecular complexity index is 653. The van der Waals surface area contributed by atoms with Crippen molar-refractivity contribution in [2.75, 3.05) is 39.6 Å². The molecule has 0 saturated carbocycles. The van der Waals surface area contributed by atoms with Crippen molar-refractivity contribution in [3.63, 3.8) is 0 Å². The van der Waals surface area contributed by atoms with Crippen LogP contribution < -0.4 is 0 Å². The molecule has 162 valence electrons. The number of hydrogen-bond donors (Lipinski definition) is 0. The van der Waals surface area contributed by atoms with Gasteiger partial charge in [-0.05, 0) is 11.1 Å². The van der Waals surface area contributed by atoms with E-state index >= 15 is 0 Å². The summed E-state index contributed by atoms with van der Waals surface area (Å²) < 4.78 is 34.8. The lowest BCUT2D eigenvalue weighted by molar-refractivity contribution is -0.133. The third-order valence-electron chi connectivity index (χ3n) is 5.00. The van der Waals surface area contributed by atoms with Gasteiger partial charge in [0.05, 0.1) is 52.9 Å². The van der Waals surface area contributed by atoms with Crippen molar-refractivity contribution in [2.45, 2.75) is 37.6 Å². The topological polar surface area (TPSA) is 62.0 Å². The Morgan fingerprint density at radius 2 is 1.07 bits per heavy atom. The van der Waals surface area contributed by atoms with Gasteiger partial charge in [-0.2, -0.15) is 0 Å². The molecule has 2 aliphatic heterocycles. The van der Waals surface area contributed by atoms with Gasteiger partial charge < -0.3 is 28.4 Å². The first kappa shape index (κ1) is 21.4.